The first-order chi connectivity index (χ1) is 4.20. The predicted octanol–water partition coefficient (Wildman–Crippen LogP) is 1.69. The fourth-order valence-electron chi connectivity index (χ4n) is 0.232. The van der Waals surface area contributed by atoms with E-state index in [1.54, 1.807) is 19.9 Å². The van der Waals surface area contributed by atoms with Gasteiger partial charge in [0, 0.05) is 0 Å². The van der Waals surface area contributed by atoms with Crippen LogP contribution in [0.15, 0.2) is 11.8 Å². The molecule has 0 rings (SSSR count). The zero-order chi connectivity index (χ0) is 7.28. The number of allylic oxidation sites excluding steroid dienone is 2. The molecule has 0 N–H and O–H groups in total. The Bertz CT molecular complexity index is 126. The Labute approximate surface area is 54.3 Å². The van der Waals surface area contributed by atoms with Gasteiger partial charge in [0.25, 0.3) is 0 Å². The largest absolute Gasteiger partial charge is 0.513 e. The van der Waals surface area contributed by atoms with Gasteiger partial charge in [-0.25, -0.2) is 4.79 Å². The van der Waals surface area contributed by atoms with Crippen molar-refractivity contribution in [2.45, 2.75) is 13.8 Å². The average Bonchev–Trinajstić information content (AvgIpc) is 1.87. The highest BCUT2D eigenvalue weighted by Gasteiger charge is 1.98. The molecule has 0 aromatic carbocycles. The molecule has 0 fully saturated rings. The predicted molar refractivity (Wildman–Crippen MR) is 32.9 cm³/mol. The van der Waals surface area contributed by atoms with Crippen LogP contribution in [0.5, 0.6) is 0 Å². The molecule has 0 radical (unpaired) electrons. The van der Waals surface area contributed by atoms with Crippen molar-refractivity contribution >= 4 is 6.16 Å². The van der Waals surface area contributed by atoms with Crippen molar-refractivity contribution in [1.29, 1.82) is 0 Å². The summed E-state index contributed by atoms with van der Waals surface area (Å²) in [6.07, 6.45) is 1.00. The van der Waals surface area contributed by atoms with Gasteiger partial charge in [0.05, 0.1) is 7.11 Å². The number of ether oxygens (including phenoxy) is 2. The molecule has 0 aromatic rings. The first kappa shape index (κ1) is 8.01. The molecule has 0 spiro atoms. The van der Waals surface area contributed by atoms with E-state index in [0.717, 1.165) is 0 Å². The van der Waals surface area contributed by atoms with Gasteiger partial charge in [0.1, 0.15) is 5.76 Å². The Morgan fingerprint density at radius 3 is 2.44 bits per heavy atom. The van der Waals surface area contributed by atoms with Crippen molar-refractivity contribution in [2.75, 3.05) is 7.11 Å². The van der Waals surface area contributed by atoms with E-state index in [1.165, 1.54) is 7.11 Å². The summed E-state index contributed by atoms with van der Waals surface area (Å²) in [6, 6.07) is 0. The van der Waals surface area contributed by atoms with Crippen molar-refractivity contribution < 1.29 is 14.3 Å². The number of methoxy groups -OCH3 is 1. The van der Waals surface area contributed by atoms with Gasteiger partial charge < -0.3 is 9.47 Å². The lowest BCUT2D eigenvalue weighted by Crippen LogP contribution is -2.01. The van der Waals surface area contributed by atoms with E-state index in [1.807, 2.05) is 0 Å². The van der Waals surface area contributed by atoms with E-state index in [-0.39, 0.29) is 0 Å². The number of hydrogen-bond donors (Lipinski definition) is 0. The number of rotatable bonds is 1. The first-order valence-electron chi connectivity index (χ1n) is 2.59. The number of carbonyl (C=O) groups is 1. The smallest absolute Gasteiger partial charge is 0.437 e. The fraction of sp³-hybridized carbons (Fsp3) is 0.500. The minimum atomic E-state index is -0.675. The summed E-state index contributed by atoms with van der Waals surface area (Å²) in [7, 11) is 1.27. The van der Waals surface area contributed by atoms with E-state index in [0.29, 0.717) is 5.76 Å². The molecular weight excluding hydrogens is 120 g/mol. The maximum atomic E-state index is 10.3. The SMILES string of the molecule is CC=C(C)OC(=O)OC. The summed E-state index contributed by atoms with van der Waals surface area (Å²) < 4.78 is 8.77. The van der Waals surface area contributed by atoms with Gasteiger partial charge in [-0.1, -0.05) is 0 Å². The monoisotopic (exact) mass is 130 g/mol. The van der Waals surface area contributed by atoms with E-state index in [9.17, 15) is 4.79 Å². The van der Waals surface area contributed by atoms with Gasteiger partial charge in [-0.3, -0.25) is 0 Å². The molecule has 0 atom stereocenters. The van der Waals surface area contributed by atoms with Crippen molar-refractivity contribution in [1.82, 2.24) is 0 Å². The van der Waals surface area contributed by atoms with Crippen LogP contribution in [0.2, 0.25) is 0 Å². The van der Waals surface area contributed by atoms with Crippen LogP contribution in [0.4, 0.5) is 4.79 Å². The van der Waals surface area contributed by atoms with Gasteiger partial charge in [-0.2, -0.15) is 0 Å². The second-order valence-electron chi connectivity index (χ2n) is 1.46. The Kier molecular flexibility index (Phi) is 3.51. The molecule has 0 unspecified atom stereocenters. The lowest BCUT2D eigenvalue weighted by atomic mass is 10.5. The third-order valence-electron chi connectivity index (χ3n) is 0.818. The van der Waals surface area contributed by atoms with Crippen LogP contribution >= 0.6 is 0 Å². The van der Waals surface area contributed by atoms with E-state index >= 15 is 0 Å². The standard InChI is InChI=1S/C6H10O3/c1-4-5(2)9-6(7)8-3/h4H,1-3H3. The topological polar surface area (TPSA) is 35.5 Å². The average molecular weight is 130 g/mol. The molecular formula is C6H10O3. The Balaban J connectivity index is 3.60. The zero-order valence-electron chi connectivity index (χ0n) is 5.80. The highest BCUT2D eigenvalue weighted by molar-refractivity contribution is 5.60. The molecule has 9 heavy (non-hydrogen) atoms. The molecule has 52 valence electrons. The molecule has 0 aliphatic heterocycles. The highest BCUT2D eigenvalue weighted by Crippen LogP contribution is 1.95. The molecule has 3 heteroatoms. The van der Waals surface area contributed by atoms with Gasteiger partial charge in [-0.15, -0.1) is 0 Å². The molecule has 0 aliphatic rings. The first-order valence-corrected chi connectivity index (χ1v) is 2.59. The zero-order valence-corrected chi connectivity index (χ0v) is 5.80. The Hall–Kier alpha value is -0.990. The van der Waals surface area contributed by atoms with E-state index in [4.69, 9.17) is 0 Å². The maximum absolute atomic E-state index is 10.3. The van der Waals surface area contributed by atoms with Gasteiger partial charge >= 0.3 is 6.16 Å². The summed E-state index contributed by atoms with van der Waals surface area (Å²) in [4.78, 5) is 10.3. The highest BCUT2D eigenvalue weighted by atomic mass is 16.7. The van der Waals surface area contributed by atoms with E-state index < -0.39 is 6.16 Å². The van der Waals surface area contributed by atoms with Crippen LogP contribution in [-0.2, 0) is 9.47 Å². The molecule has 0 aliphatic carbocycles. The normalized spacial score (nSPS) is 10.8. The van der Waals surface area contributed by atoms with Crippen LogP contribution in [0.3, 0.4) is 0 Å². The maximum Gasteiger partial charge on any atom is 0.513 e. The van der Waals surface area contributed by atoms with E-state index in [2.05, 4.69) is 9.47 Å². The Morgan fingerprint density at radius 1 is 1.56 bits per heavy atom. The number of carbonyl (C=O) groups excluding carboxylic acids is 1. The lowest BCUT2D eigenvalue weighted by Gasteiger charge is -1.99. The van der Waals surface area contributed by atoms with Gasteiger partial charge in [0.15, 0.2) is 0 Å². The molecule has 0 heterocycles. The molecule has 0 aromatic heterocycles. The van der Waals surface area contributed by atoms with Crippen LogP contribution in [0.25, 0.3) is 0 Å². The summed E-state index contributed by atoms with van der Waals surface area (Å²) in [6.45, 7) is 3.45. The van der Waals surface area contributed by atoms with Crippen LogP contribution in [-0.4, -0.2) is 13.3 Å². The van der Waals surface area contributed by atoms with Crippen molar-refractivity contribution in [2.24, 2.45) is 0 Å². The second kappa shape index (κ2) is 3.95. The number of hydrogen-bond acceptors (Lipinski definition) is 3. The van der Waals surface area contributed by atoms with Gasteiger partial charge in [-0.05, 0) is 19.9 Å². The molecule has 3 nitrogen and oxygen atoms in total. The van der Waals surface area contributed by atoms with Crippen molar-refractivity contribution in [3.8, 4) is 0 Å². The summed E-state index contributed by atoms with van der Waals surface area (Å²) in [5.74, 6) is 0.543. The lowest BCUT2D eigenvalue weighted by molar-refractivity contribution is 0.0974. The van der Waals surface area contributed by atoms with Crippen molar-refractivity contribution in [3.63, 3.8) is 0 Å². The molecule has 0 bridgehead atoms. The summed E-state index contributed by atoms with van der Waals surface area (Å²) >= 11 is 0. The molecule has 0 amide bonds. The second-order valence-corrected chi connectivity index (χ2v) is 1.46. The summed E-state index contributed by atoms with van der Waals surface area (Å²) in [5.41, 5.74) is 0. The van der Waals surface area contributed by atoms with Crippen LogP contribution in [0.1, 0.15) is 13.8 Å². The van der Waals surface area contributed by atoms with Crippen LogP contribution < -0.4 is 0 Å². The third-order valence-corrected chi connectivity index (χ3v) is 0.818. The minimum Gasteiger partial charge on any atom is -0.437 e. The fourth-order valence-corrected chi connectivity index (χ4v) is 0.232. The molecule has 0 saturated heterocycles. The molecule has 0 saturated carbocycles. The third kappa shape index (κ3) is 3.58. The quantitative estimate of drug-likeness (QED) is 0.400. The van der Waals surface area contributed by atoms with Crippen LogP contribution in [0, 0.1) is 0 Å². The summed E-state index contributed by atoms with van der Waals surface area (Å²) in [5, 5.41) is 0. The van der Waals surface area contributed by atoms with Crippen molar-refractivity contribution in [3.05, 3.63) is 11.8 Å². The van der Waals surface area contributed by atoms with Gasteiger partial charge in [0.2, 0.25) is 0 Å². The minimum absolute atomic E-state index is 0.543. The Morgan fingerprint density at radius 2 is 2.11 bits per heavy atom.